The Morgan fingerprint density at radius 1 is 1.05 bits per heavy atom. The Morgan fingerprint density at radius 3 is 2.32 bits per heavy atom. The van der Waals surface area contributed by atoms with E-state index >= 15 is 0 Å². The first kappa shape index (κ1) is 12.6. The van der Waals surface area contributed by atoms with Gasteiger partial charge in [-0.05, 0) is 24.7 Å². The molecule has 1 aliphatic rings. The van der Waals surface area contributed by atoms with Crippen LogP contribution in [0.25, 0.3) is 0 Å². The summed E-state index contributed by atoms with van der Waals surface area (Å²) >= 11 is 3.43. The van der Waals surface area contributed by atoms with E-state index in [-0.39, 0.29) is 17.9 Å². The normalized spacial score (nSPS) is 25.1. The number of benzene rings is 2. The van der Waals surface area contributed by atoms with Gasteiger partial charge in [-0.25, -0.2) is 0 Å². The van der Waals surface area contributed by atoms with Crippen molar-refractivity contribution in [3.05, 3.63) is 70.2 Å². The lowest BCUT2D eigenvalue weighted by Crippen LogP contribution is -2.11. The van der Waals surface area contributed by atoms with E-state index in [2.05, 4.69) is 33.0 Å². The van der Waals surface area contributed by atoms with Gasteiger partial charge in [0.15, 0.2) is 5.78 Å². The average molecular weight is 316 g/mol. The topological polar surface area (TPSA) is 20.1 Å². The monoisotopic (exact) mass is 315 g/mol. The van der Waals surface area contributed by atoms with Crippen molar-refractivity contribution in [3.63, 3.8) is 0 Å². The van der Waals surface area contributed by atoms with E-state index in [4.69, 9.17) is 0 Å². The number of halogens is 1. The van der Waals surface area contributed by atoms with Gasteiger partial charge in [0.05, 0.1) is 12.1 Å². The fraction of sp³-hybridized carbons (Fsp3) is 0.188. The highest BCUT2D eigenvalue weighted by atomic mass is 79.9. The molecule has 0 radical (unpaired) electrons. The Bertz CT molecular complexity index is 594. The third-order valence-corrected chi connectivity index (χ3v) is 4.15. The maximum atomic E-state index is 12.4. The van der Waals surface area contributed by atoms with Gasteiger partial charge in [0.2, 0.25) is 0 Å². The number of Topliss-reactive ketones (excluding diaryl/α,β-unsaturated/α-hetero) is 1. The molecule has 0 amide bonds. The molecule has 19 heavy (non-hydrogen) atoms. The fourth-order valence-corrected chi connectivity index (χ4v) is 2.78. The fourth-order valence-electron chi connectivity index (χ4n) is 2.52. The third-order valence-electron chi connectivity index (χ3n) is 3.63. The molecule has 1 saturated heterocycles. The molecule has 0 N–H and O–H groups in total. The molecule has 3 atom stereocenters. The molecule has 0 spiro atoms. The van der Waals surface area contributed by atoms with Crippen LogP contribution >= 0.6 is 15.9 Å². The Labute approximate surface area is 121 Å². The van der Waals surface area contributed by atoms with E-state index in [1.165, 1.54) is 5.56 Å². The molecule has 0 aromatic heterocycles. The Balaban J connectivity index is 1.81. The van der Waals surface area contributed by atoms with Crippen LogP contribution in [-0.2, 0) is 0 Å². The lowest BCUT2D eigenvalue weighted by atomic mass is 10.0. The predicted octanol–water partition coefficient (Wildman–Crippen LogP) is 3.69. The van der Waals surface area contributed by atoms with E-state index in [9.17, 15) is 4.79 Å². The van der Waals surface area contributed by atoms with E-state index < -0.39 is 0 Å². The zero-order valence-corrected chi connectivity index (χ0v) is 12.2. The average Bonchev–Trinajstić information content (AvgIpc) is 3.11. The molecule has 1 aliphatic heterocycles. The van der Waals surface area contributed by atoms with Gasteiger partial charge in [0.25, 0.3) is 0 Å². The highest BCUT2D eigenvalue weighted by molar-refractivity contribution is 9.10. The third kappa shape index (κ3) is 2.36. The van der Waals surface area contributed by atoms with E-state index in [0.29, 0.717) is 0 Å². The first-order valence-corrected chi connectivity index (χ1v) is 7.04. The van der Waals surface area contributed by atoms with Crippen molar-refractivity contribution in [1.82, 2.24) is 4.90 Å². The minimum absolute atomic E-state index is 0.0245. The van der Waals surface area contributed by atoms with Gasteiger partial charge < -0.3 is 0 Å². The highest BCUT2D eigenvalue weighted by Gasteiger charge is 2.50. The van der Waals surface area contributed by atoms with Gasteiger partial charge in [-0.3, -0.25) is 9.69 Å². The molecule has 0 saturated carbocycles. The number of likely N-dealkylation sites (N-methyl/N-ethyl adjacent to an activating group) is 1. The maximum Gasteiger partial charge on any atom is 0.181 e. The van der Waals surface area contributed by atoms with Crippen LogP contribution in [0.1, 0.15) is 22.0 Å². The van der Waals surface area contributed by atoms with Crippen LogP contribution in [0.15, 0.2) is 59.1 Å². The van der Waals surface area contributed by atoms with E-state index in [1.54, 1.807) is 0 Å². The largest absolute Gasteiger partial charge is 0.292 e. The molecule has 3 heteroatoms. The molecule has 3 rings (SSSR count). The summed E-state index contributed by atoms with van der Waals surface area (Å²) in [5.74, 6) is 0.205. The number of ketones is 1. The molecule has 0 bridgehead atoms. The molecule has 0 aliphatic carbocycles. The quantitative estimate of drug-likeness (QED) is 0.636. The first-order chi connectivity index (χ1) is 9.18. The Hall–Kier alpha value is -1.45. The zero-order chi connectivity index (χ0) is 13.4. The summed E-state index contributed by atoms with van der Waals surface area (Å²) in [6.45, 7) is 0. The molecule has 1 heterocycles. The van der Waals surface area contributed by atoms with Crippen LogP contribution in [0.2, 0.25) is 0 Å². The smallest absolute Gasteiger partial charge is 0.181 e. The van der Waals surface area contributed by atoms with Crippen molar-refractivity contribution < 1.29 is 4.79 Å². The van der Waals surface area contributed by atoms with Gasteiger partial charge in [0, 0.05) is 10.0 Å². The summed E-state index contributed by atoms with van der Waals surface area (Å²) in [6, 6.07) is 17.9. The van der Waals surface area contributed by atoms with Crippen molar-refractivity contribution in [2.24, 2.45) is 0 Å². The maximum absolute atomic E-state index is 12.4. The second-order valence-corrected chi connectivity index (χ2v) is 5.75. The number of hydrogen-bond acceptors (Lipinski definition) is 2. The van der Waals surface area contributed by atoms with Crippen LogP contribution in [-0.4, -0.2) is 23.8 Å². The number of rotatable bonds is 3. The van der Waals surface area contributed by atoms with Crippen molar-refractivity contribution >= 4 is 21.7 Å². The minimum Gasteiger partial charge on any atom is -0.292 e. The highest BCUT2D eigenvalue weighted by Crippen LogP contribution is 2.43. The molecule has 2 nitrogen and oxygen atoms in total. The lowest BCUT2D eigenvalue weighted by molar-refractivity contribution is 0.0977. The van der Waals surface area contributed by atoms with Crippen molar-refractivity contribution in [2.75, 3.05) is 7.05 Å². The summed E-state index contributed by atoms with van der Waals surface area (Å²) in [6.07, 6.45) is 0. The Morgan fingerprint density at radius 2 is 1.68 bits per heavy atom. The van der Waals surface area contributed by atoms with Crippen LogP contribution < -0.4 is 0 Å². The molecule has 1 unspecified atom stereocenters. The summed E-state index contributed by atoms with van der Waals surface area (Å²) in [5, 5.41) is 0. The molecule has 2 aromatic rings. The number of carbonyl (C=O) groups excluding carboxylic acids is 1. The number of hydrogen-bond donors (Lipinski definition) is 0. The van der Waals surface area contributed by atoms with Crippen molar-refractivity contribution in [2.45, 2.75) is 12.1 Å². The molecular formula is C16H14BrNO. The second kappa shape index (κ2) is 4.91. The SMILES string of the molecule is CN1[C@H](c2ccc(Br)cc2)[C@@H]1C(=O)c1ccccc1. The van der Waals surface area contributed by atoms with Crippen molar-refractivity contribution in [1.29, 1.82) is 0 Å². The summed E-state index contributed by atoms with van der Waals surface area (Å²) in [5.41, 5.74) is 1.99. The standard InChI is InChI=1S/C16H14BrNO/c1-18-14(11-7-9-13(17)10-8-11)15(18)16(19)12-5-3-2-4-6-12/h2-10,14-15H,1H3/t14-,15-,18?/m1/s1. The second-order valence-electron chi connectivity index (χ2n) is 4.84. The van der Waals surface area contributed by atoms with Crippen LogP contribution in [0, 0.1) is 0 Å². The van der Waals surface area contributed by atoms with E-state index in [0.717, 1.165) is 10.0 Å². The predicted molar refractivity (Wildman–Crippen MR) is 79.2 cm³/mol. The molecule has 96 valence electrons. The molecule has 1 fully saturated rings. The van der Waals surface area contributed by atoms with Gasteiger partial charge in [-0.2, -0.15) is 0 Å². The number of nitrogens with zero attached hydrogens (tertiary/aromatic N) is 1. The van der Waals surface area contributed by atoms with Crippen LogP contribution in [0.3, 0.4) is 0 Å². The molecule has 2 aromatic carbocycles. The van der Waals surface area contributed by atoms with Crippen LogP contribution in [0.4, 0.5) is 0 Å². The summed E-state index contributed by atoms with van der Waals surface area (Å²) in [7, 11) is 2.00. The van der Waals surface area contributed by atoms with Crippen molar-refractivity contribution in [3.8, 4) is 0 Å². The van der Waals surface area contributed by atoms with E-state index in [1.807, 2.05) is 49.5 Å². The van der Waals surface area contributed by atoms with Gasteiger partial charge in [-0.1, -0.05) is 58.4 Å². The summed E-state index contributed by atoms with van der Waals surface area (Å²) in [4.78, 5) is 14.5. The summed E-state index contributed by atoms with van der Waals surface area (Å²) < 4.78 is 1.06. The lowest BCUT2D eigenvalue weighted by Gasteiger charge is -1.99. The van der Waals surface area contributed by atoms with Gasteiger partial charge >= 0.3 is 0 Å². The van der Waals surface area contributed by atoms with Gasteiger partial charge in [0.1, 0.15) is 0 Å². The molecular weight excluding hydrogens is 302 g/mol. The first-order valence-electron chi connectivity index (χ1n) is 6.25. The Kier molecular flexibility index (Phi) is 3.25. The number of carbonyl (C=O) groups is 1. The zero-order valence-electron chi connectivity index (χ0n) is 10.6. The van der Waals surface area contributed by atoms with Crippen LogP contribution in [0.5, 0.6) is 0 Å². The van der Waals surface area contributed by atoms with Gasteiger partial charge in [-0.15, -0.1) is 0 Å². The minimum atomic E-state index is -0.0245.